The fraction of sp³-hybridized carbons (Fsp3) is 0.300. The number of nitrogens with one attached hydrogen (secondary N) is 1. The average molecular weight is 551 g/mol. The van der Waals surface area contributed by atoms with Crippen LogP contribution in [0.25, 0.3) is 0 Å². The number of hydrogen-bond donors (Lipinski definition) is 2. The van der Waals surface area contributed by atoms with Crippen LogP contribution in [0.15, 0.2) is 84.9 Å². The minimum absolute atomic E-state index is 0.103. The first-order valence-electron chi connectivity index (χ1n) is 12.5. The van der Waals surface area contributed by atoms with Gasteiger partial charge in [0.2, 0.25) is 11.0 Å². The zero-order chi connectivity index (χ0) is 27.3. The maximum absolute atomic E-state index is 13.2. The molecule has 0 fully saturated rings. The lowest BCUT2D eigenvalue weighted by molar-refractivity contribution is -0.141. The quantitative estimate of drug-likeness (QED) is 0.279. The van der Waals surface area contributed by atoms with Gasteiger partial charge in [-0.25, -0.2) is 4.79 Å². The van der Waals surface area contributed by atoms with Crippen molar-refractivity contribution in [3.63, 3.8) is 0 Å². The third-order valence-corrected chi connectivity index (χ3v) is 8.21. The molecule has 0 bridgehead atoms. The SMILES string of the molecule is CN(C)c1ccc(CSC[C@H](NC(=O)C(CCc2ccccc2)CSC(=O)c2ccccc2)C(=O)O)cc1. The predicted molar refractivity (Wildman–Crippen MR) is 158 cm³/mol. The van der Waals surface area contributed by atoms with Crippen LogP contribution in [0.2, 0.25) is 0 Å². The highest BCUT2D eigenvalue weighted by molar-refractivity contribution is 8.14. The first-order valence-corrected chi connectivity index (χ1v) is 14.6. The summed E-state index contributed by atoms with van der Waals surface area (Å²) in [7, 11) is 3.96. The molecule has 3 rings (SSSR count). The molecule has 3 aromatic rings. The van der Waals surface area contributed by atoms with Crippen LogP contribution >= 0.6 is 23.5 Å². The Labute approximate surface area is 233 Å². The molecule has 2 atom stereocenters. The van der Waals surface area contributed by atoms with Crippen molar-refractivity contribution >= 4 is 46.2 Å². The number of aryl methyl sites for hydroxylation is 1. The molecule has 8 heteroatoms. The second kappa shape index (κ2) is 15.2. The Morgan fingerprint density at radius 3 is 2.08 bits per heavy atom. The van der Waals surface area contributed by atoms with Gasteiger partial charge in [0.15, 0.2) is 0 Å². The van der Waals surface area contributed by atoms with E-state index in [0.29, 0.717) is 24.2 Å². The summed E-state index contributed by atoms with van der Waals surface area (Å²) >= 11 is 2.57. The van der Waals surface area contributed by atoms with Gasteiger partial charge in [0.05, 0.1) is 0 Å². The van der Waals surface area contributed by atoms with Crippen molar-refractivity contribution in [3.05, 3.63) is 102 Å². The molecule has 1 amide bonds. The molecule has 0 radical (unpaired) electrons. The minimum Gasteiger partial charge on any atom is -0.480 e. The first-order chi connectivity index (χ1) is 18.3. The number of carbonyl (C=O) groups excluding carboxylic acids is 2. The van der Waals surface area contributed by atoms with Gasteiger partial charge >= 0.3 is 5.97 Å². The van der Waals surface area contributed by atoms with Gasteiger partial charge in [-0.05, 0) is 36.1 Å². The summed E-state index contributed by atoms with van der Waals surface area (Å²) in [5.41, 5.74) is 3.86. The van der Waals surface area contributed by atoms with E-state index in [1.165, 1.54) is 11.8 Å². The Hall–Kier alpha value is -3.23. The van der Waals surface area contributed by atoms with Crippen LogP contribution in [0.4, 0.5) is 5.69 Å². The molecular formula is C30H34N2O4S2. The van der Waals surface area contributed by atoms with E-state index in [-0.39, 0.29) is 22.5 Å². The smallest absolute Gasteiger partial charge is 0.327 e. The Morgan fingerprint density at radius 2 is 1.47 bits per heavy atom. The predicted octanol–water partition coefficient (Wildman–Crippen LogP) is 5.38. The number of carbonyl (C=O) groups is 3. The summed E-state index contributed by atoms with van der Waals surface area (Å²) < 4.78 is 0. The lowest BCUT2D eigenvalue weighted by Gasteiger charge is -2.20. The Bertz CT molecular complexity index is 1170. The van der Waals surface area contributed by atoms with Gasteiger partial charge in [-0.15, -0.1) is 0 Å². The lowest BCUT2D eigenvalue weighted by Crippen LogP contribution is -2.45. The maximum Gasteiger partial charge on any atom is 0.327 e. The number of nitrogens with zero attached hydrogens (tertiary/aromatic N) is 1. The van der Waals surface area contributed by atoms with Crippen LogP contribution in [0, 0.1) is 5.92 Å². The van der Waals surface area contributed by atoms with Crippen molar-refractivity contribution in [1.29, 1.82) is 0 Å². The van der Waals surface area contributed by atoms with Crippen molar-refractivity contribution in [2.45, 2.75) is 24.6 Å². The average Bonchev–Trinajstić information content (AvgIpc) is 2.93. The van der Waals surface area contributed by atoms with Crippen molar-refractivity contribution in [2.75, 3.05) is 30.5 Å². The van der Waals surface area contributed by atoms with E-state index in [0.717, 1.165) is 28.6 Å². The fourth-order valence-electron chi connectivity index (χ4n) is 3.76. The van der Waals surface area contributed by atoms with Gasteiger partial charge < -0.3 is 15.3 Å². The molecule has 0 spiro atoms. The monoisotopic (exact) mass is 550 g/mol. The van der Waals surface area contributed by atoms with Crippen LogP contribution in [0.1, 0.15) is 27.9 Å². The number of anilines is 1. The van der Waals surface area contributed by atoms with E-state index in [4.69, 9.17) is 0 Å². The van der Waals surface area contributed by atoms with Gasteiger partial charge in [-0.1, -0.05) is 84.6 Å². The summed E-state index contributed by atoms with van der Waals surface area (Å²) in [6.07, 6.45) is 1.18. The molecule has 0 aliphatic carbocycles. The third kappa shape index (κ3) is 9.58. The van der Waals surface area contributed by atoms with Gasteiger partial charge in [0, 0.05) is 48.5 Å². The zero-order valence-electron chi connectivity index (χ0n) is 21.7. The summed E-state index contributed by atoms with van der Waals surface area (Å²) in [5, 5.41) is 12.4. The van der Waals surface area contributed by atoms with E-state index in [9.17, 15) is 19.5 Å². The summed E-state index contributed by atoms with van der Waals surface area (Å²) in [6.45, 7) is 0. The Morgan fingerprint density at radius 1 is 0.842 bits per heavy atom. The Kier molecular flexibility index (Phi) is 11.8. The van der Waals surface area contributed by atoms with E-state index in [1.54, 1.807) is 24.3 Å². The molecule has 1 unspecified atom stereocenters. The minimum atomic E-state index is -1.07. The highest BCUT2D eigenvalue weighted by Crippen LogP contribution is 2.21. The molecule has 0 aliphatic rings. The molecular weight excluding hydrogens is 516 g/mol. The summed E-state index contributed by atoms with van der Waals surface area (Å²) in [5.74, 6) is -0.728. The van der Waals surface area contributed by atoms with Crippen molar-refractivity contribution in [3.8, 4) is 0 Å². The standard InChI is InChI=1S/C30H34N2O4S2/c1-32(2)26-17-14-23(15-18-26)19-37-21-27(29(34)35)31-28(33)25(16-13-22-9-5-3-6-10-22)20-38-30(36)24-11-7-4-8-12-24/h3-12,14-15,17-18,25,27H,13,16,19-21H2,1-2H3,(H,31,33)(H,34,35)/t25?,27-/m0/s1. The molecule has 0 saturated carbocycles. The Balaban J connectivity index is 1.59. The summed E-state index contributed by atoms with van der Waals surface area (Å²) in [6, 6.07) is 25.9. The third-order valence-electron chi connectivity index (χ3n) is 6.04. The maximum atomic E-state index is 13.2. The molecule has 2 N–H and O–H groups in total. The second-order valence-electron chi connectivity index (χ2n) is 9.16. The fourth-order valence-corrected chi connectivity index (χ4v) is 5.74. The molecule has 200 valence electrons. The molecule has 0 saturated heterocycles. The van der Waals surface area contributed by atoms with Gasteiger partial charge in [-0.3, -0.25) is 9.59 Å². The van der Waals surface area contributed by atoms with E-state index in [2.05, 4.69) is 5.32 Å². The molecule has 3 aromatic carbocycles. The van der Waals surface area contributed by atoms with Gasteiger partial charge in [0.1, 0.15) is 6.04 Å². The topological polar surface area (TPSA) is 86.7 Å². The number of carboxylic acids is 1. The number of hydrogen-bond acceptors (Lipinski definition) is 6. The van der Waals surface area contributed by atoms with Crippen LogP contribution in [0.3, 0.4) is 0 Å². The van der Waals surface area contributed by atoms with Crippen LogP contribution < -0.4 is 10.2 Å². The van der Waals surface area contributed by atoms with E-state index in [1.807, 2.05) is 79.7 Å². The second-order valence-corrected chi connectivity index (χ2v) is 11.2. The van der Waals surface area contributed by atoms with Crippen molar-refractivity contribution < 1.29 is 19.5 Å². The largest absolute Gasteiger partial charge is 0.480 e. The lowest BCUT2D eigenvalue weighted by atomic mass is 10.00. The van der Waals surface area contributed by atoms with E-state index < -0.39 is 17.9 Å². The van der Waals surface area contributed by atoms with Crippen molar-refractivity contribution in [1.82, 2.24) is 5.32 Å². The highest BCUT2D eigenvalue weighted by atomic mass is 32.2. The number of rotatable bonds is 14. The molecule has 38 heavy (non-hydrogen) atoms. The number of carboxylic acid groups (broad SMARTS) is 1. The number of benzene rings is 3. The van der Waals surface area contributed by atoms with Crippen LogP contribution in [-0.2, 0) is 21.8 Å². The molecule has 6 nitrogen and oxygen atoms in total. The van der Waals surface area contributed by atoms with Gasteiger partial charge in [0.25, 0.3) is 0 Å². The molecule has 0 aliphatic heterocycles. The summed E-state index contributed by atoms with van der Waals surface area (Å²) in [4.78, 5) is 39.9. The zero-order valence-corrected chi connectivity index (χ0v) is 23.3. The normalized spacial score (nSPS) is 12.4. The number of aliphatic carboxylic acids is 1. The number of amides is 1. The number of thioether (sulfide) groups is 2. The first kappa shape index (κ1) is 29.3. The van der Waals surface area contributed by atoms with Gasteiger partial charge in [-0.2, -0.15) is 11.8 Å². The highest BCUT2D eigenvalue weighted by Gasteiger charge is 2.26. The molecule has 0 aromatic heterocycles. The van der Waals surface area contributed by atoms with E-state index >= 15 is 0 Å². The van der Waals surface area contributed by atoms with Crippen molar-refractivity contribution in [2.24, 2.45) is 5.92 Å². The molecule has 0 heterocycles. The van der Waals surface area contributed by atoms with Crippen LogP contribution in [-0.4, -0.2) is 53.7 Å². The van der Waals surface area contributed by atoms with Crippen LogP contribution in [0.5, 0.6) is 0 Å².